The number of aromatic hydroxyl groups is 1. The molecule has 1 aromatic heterocycles. The van der Waals surface area contributed by atoms with Crippen molar-refractivity contribution in [2.24, 2.45) is 0 Å². The van der Waals surface area contributed by atoms with E-state index in [0.29, 0.717) is 5.69 Å². The molecule has 2 amide bonds. The lowest BCUT2D eigenvalue weighted by atomic mass is 10.2. The van der Waals surface area contributed by atoms with Crippen molar-refractivity contribution >= 4 is 28.9 Å². The Kier molecular flexibility index (Phi) is 4.57. The number of hydrogen-bond donors (Lipinski definition) is 4. The summed E-state index contributed by atoms with van der Waals surface area (Å²) in [5, 5.41) is 15.0. The minimum Gasteiger partial charge on any atom is -0.506 e. The molecule has 0 fully saturated rings. The minimum absolute atomic E-state index is 0.0904. The highest BCUT2D eigenvalue weighted by Gasteiger charge is 2.15. The van der Waals surface area contributed by atoms with Crippen molar-refractivity contribution in [2.45, 2.75) is 13.5 Å². The quantitative estimate of drug-likeness (QED) is 0.381. The number of phenols is 1. The molecule has 2 rings (SSSR count). The number of nitrogen functional groups attached to an aromatic ring is 1. The maximum Gasteiger partial charge on any atom is 0.290 e. The molecule has 0 radical (unpaired) electrons. The number of pyridine rings is 1. The third-order valence-corrected chi connectivity index (χ3v) is 2.84. The van der Waals surface area contributed by atoms with Gasteiger partial charge in [-0.1, -0.05) is 6.07 Å². The molecule has 0 saturated heterocycles. The Labute approximate surface area is 127 Å². The maximum atomic E-state index is 12.0. The Bertz CT molecular complexity index is 678. The number of phenolic OH excluding ortho intramolecular Hbond substituents is 1. The third-order valence-electron chi connectivity index (χ3n) is 2.84. The van der Waals surface area contributed by atoms with Crippen LogP contribution in [0, 0.1) is 0 Å². The van der Waals surface area contributed by atoms with Crippen LogP contribution in [0.2, 0.25) is 0 Å². The largest absolute Gasteiger partial charge is 0.506 e. The number of carbonyl (C=O) groups excluding carboxylic acids is 2. The molecule has 2 aromatic rings. The van der Waals surface area contributed by atoms with E-state index in [1.165, 1.54) is 19.1 Å². The van der Waals surface area contributed by atoms with Crippen molar-refractivity contribution in [1.29, 1.82) is 0 Å². The molecular weight excluding hydrogens is 284 g/mol. The van der Waals surface area contributed by atoms with Crippen molar-refractivity contribution in [3.05, 3.63) is 42.7 Å². The summed E-state index contributed by atoms with van der Waals surface area (Å²) in [4.78, 5) is 23.0. The van der Waals surface area contributed by atoms with Crippen molar-refractivity contribution in [3.63, 3.8) is 0 Å². The van der Waals surface area contributed by atoms with Gasteiger partial charge in [0.25, 0.3) is 5.91 Å². The SMILES string of the molecule is CC(=O)Nc1cc(N)c(NC(=O)C[n+]2ccccc2)c(O)c1. The van der Waals surface area contributed by atoms with Crippen LogP contribution in [0.1, 0.15) is 6.92 Å². The molecule has 7 heteroatoms. The summed E-state index contributed by atoms with van der Waals surface area (Å²) in [5.74, 6) is -0.822. The lowest BCUT2D eigenvalue weighted by molar-refractivity contribution is -0.684. The smallest absolute Gasteiger partial charge is 0.290 e. The Hall–Kier alpha value is -3.09. The highest BCUT2D eigenvalue weighted by atomic mass is 16.3. The van der Waals surface area contributed by atoms with Gasteiger partial charge in [-0.3, -0.25) is 9.59 Å². The molecule has 1 aromatic carbocycles. The second kappa shape index (κ2) is 6.57. The van der Waals surface area contributed by atoms with E-state index in [1.807, 2.05) is 6.07 Å². The summed E-state index contributed by atoms with van der Waals surface area (Å²) in [6.07, 6.45) is 3.51. The number of aromatic nitrogens is 1. The van der Waals surface area contributed by atoms with Gasteiger partial charge >= 0.3 is 0 Å². The van der Waals surface area contributed by atoms with Crippen molar-refractivity contribution in [3.8, 4) is 5.75 Å². The monoisotopic (exact) mass is 301 g/mol. The fourth-order valence-corrected chi connectivity index (χ4v) is 1.94. The summed E-state index contributed by atoms with van der Waals surface area (Å²) < 4.78 is 1.69. The van der Waals surface area contributed by atoms with Crippen LogP contribution in [0.4, 0.5) is 17.1 Å². The molecule has 22 heavy (non-hydrogen) atoms. The van der Waals surface area contributed by atoms with Crippen LogP contribution in [-0.4, -0.2) is 16.9 Å². The minimum atomic E-state index is -0.328. The number of nitrogens with zero attached hydrogens (tertiary/aromatic N) is 1. The van der Waals surface area contributed by atoms with Gasteiger partial charge in [-0.15, -0.1) is 0 Å². The first-order valence-electron chi connectivity index (χ1n) is 6.59. The Morgan fingerprint density at radius 1 is 1.18 bits per heavy atom. The summed E-state index contributed by atoms with van der Waals surface area (Å²) in [6, 6.07) is 8.25. The predicted molar refractivity (Wildman–Crippen MR) is 82.1 cm³/mol. The number of benzene rings is 1. The van der Waals surface area contributed by atoms with Crippen LogP contribution in [0.3, 0.4) is 0 Å². The Morgan fingerprint density at radius 3 is 2.45 bits per heavy atom. The van der Waals surface area contributed by atoms with E-state index in [4.69, 9.17) is 5.73 Å². The average Bonchev–Trinajstić information content (AvgIpc) is 2.43. The number of amides is 2. The van der Waals surface area contributed by atoms with Crippen molar-refractivity contribution < 1.29 is 19.3 Å². The van der Waals surface area contributed by atoms with Crippen molar-refractivity contribution in [2.75, 3.05) is 16.4 Å². The molecule has 0 aliphatic heterocycles. The summed E-state index contributed by atoms with van der Waals surface area (Å²) in [5.41, 5.74) is 6.45. The molecule has 0 aliphatic rings. The molecule has 0 atom stereocenters. The van der Waals surface area contributed by atoms with Crippen LogP contribution in [0.25, 0.3) is 0 Å². The number of nitrogens with one attached hydrogen (secondary N) is 2. The van der Waals surface area contributed by atoms with E-state index >= 15 is 0 Å². The predicted octanol–water partition coefficient (Wildman–Crippen LogP) is 0.859. The topological polar surface area (TPSA) is 108 Å². The zero-order valence-electron chi connectivity index (χ0n) is 12.0. The molecule has 7 nitrogen and oxygen atoms in total. The highest BCUT2D eigenvalue weighted by Crippen LogP contribution is 2.33. The fourth-order valence-electron chi connectivity index (χ4n) is 1.94. The maximum absolute atomic E-state index is 12.0. The van der Waals surface area contributed by atoms with E-state index in [0.717, 1.165) is 0 Å². The second-order valence-electron chi connectivity index (χ2n) is 4.74. The average molecular weight is 301 g/mol. The molecule has 0 spiro atoms. The first-order valence-corrected chi connectivity index (χ1v) is 6.59. The zero-order valence-corrected chi connectivity index (χ0v) is 12.0. The Morgan fingerprint density at radius 2 is 1.86 bits per heavy atom. The Balaban J connectivity index is 2.12. The first kappa shape index (κ1) is 15.3. The van der Waals surface area contributed by atoms with Gasteiger partial charge in [-0.05, 0) is 6.07 Å². The summed E-state index contributed by atoms with van der Waals surface area (Å²) >= 11 is 0. The molecule has 0 unspecified atom stereocenters. The molecule has 0 saturated carbocycles. The van der Waals surface area contributed by atoms with Gasteiger partial charge in [-0.2, -0.15) is 4.57 Å². The lowest BCUT2D eigenvalue weighted by Gasteiger charge is -2.11. The normalized spacial score (nSPS) is 10.0. The molecular formula is C15H17N4O3+. The number of rotatable bonds is 4. The van der Waals surface area contributed by atoms with E-state index in [2.05, 4.69) is 10.6 Å². The van der Waals surface area contributed by atoms with Crippen LogP contribution in [0.15, 0.2) is 42.7 Å². The van der Waals surface area contributed by atoms with Crippen LogP contribution >= 0.6 is 0 Å². The first-order chi connectivity index (χ1) is 10.5. The number of nitrogens with two attached hydrogens (primary N) is 1. The molecule has 114 valence electrons. The van der Waals surface area contributed by atoms with Crippen molar-refractivity contribution in [1.82, 2.24) is 0 Å². The zero-order chi connectivity index (χ0) is 16.1. The van der Waals surface area contributed by atoms with Gasteiger partial charge in [0.05, 0.1) is 5.69 Å². The molecule has 5 N–H and O–H groups in total. The van der Waals surface area contributed by atoms with Crippen LogP contribution < -0.4 is 20.9 Å². The second-order valence-corrected chi connectivity index (χ2v) is 4.74. The molecule has 0 bridgehead atoms. The van der Waals surface area contributed by atoms with Gasteiger partial charge in [-0.25, -0.2) is 0 Å². The van der Waals surface area contributed by atoms with E-state index in [9.17, 15) is 14.7 Å². The van der Waals surface area contributed by atoms with Crippen LogP contribution in [-0.2, 0) is 16.1 Å². The van der Waals surface area contributed by atoms with Gasteiger partial charge in [0, 0.05) is 30.8 Å². The highest BCUT2D eigenvalue weighted by molar-refractivity contribution is 5.97. The number of hydrogen-bond acceptors (Lipinski definition) is 4. The number of carbonyl (C=O) groups is 2. The van der Waals surface area contributed by atoms with Gasteiger partial charge in [0.15, 0.2) is 12.4 Å². The summed E-state index contributed by atoms with van der Waals surface area (Å²) in [7, 11) is 0. The lowest BCUT2D eigenvalue weighted by Crippen LogP contribution is -2.39. The van der Waals surface area contributed by atoms with Gasteiger partial charge < -0.3 is 21.5 Å². The van der Waals surface area contributed by atoms with Crippen LogP contribution in [0.5, 0.6) is 5.75 Å². The van der Waals surface area contributed by atoms with Gasteiger partial charge in [0.1, 0.15) is 11.4 Å². The standard InChI is InChI=1S/C15H16N4O3/c1-10(20)17-11-7-12(16)15(13(21)8-11)18-14(22)9-19-5-3-2-4-6-19/h2-8H,9,16H2,1H3,(H2-,17,18,20,21,22)/p+1. The summed E-state index contributed by atoms with van der Waals surface area (Å²) in [6.45, 7) is 1.44. The number of anilines is 3. The molecule has 0 aliphatic carbocycles. The van der Waals surface area contributed by atoms with E-state index in [-0.39, 0.29) is 35.5 Å². The van der Waals surface area contributed by atoms with E-state index in [1.54, 1.807) is 29.1 Å². The fraction of sp³-hybridized carbons (Fsp3) is 0.133. The van der Waals surface area contributed by atoms with E-state index < -0.39 is 0 Å². The van der Waals surface area contributed by atoms with Gasteiger partial charge in [0.2, 0.25) is 12.5 Å². The third kappa shape index (κ3) is 3.95. The molecule has 1 heterocycles.